The third-order valence-corrected chi connectivity index (χ3v) is 2.29. The van der Waals surface area contributed by atoms with E-state index in [2.05, 4.69) is 33.3 Å². The molecule has 0 fully saturated rings. The van der Waals surface area contributed by atoms with Crippen LogP contribution in [0.2, 0.25) is 0 Å². The molecular formula is C12H18N4. The highest BCUT2D eigenvalue weighted by Crippen LogP contribution is 2.11. The summed E-state index contributed by atoms with van der Waals surface area (Å²) >= 11 is 0. The zero-order chi connectivity index (χ0) is 12.2. The highest BCUT2D eigenvalue weighted by Gasteiger charge is 2.16. The Bertz CT molecular complexity index is 404. The second-order valence-corrected chi connectivity index (χ2v) is 4.13. The van der Waals surface area contributed by atoms with Gasteiger partial charge in [0.25, 0.3) is 0 Å². The summed E-state index contributed by atoms with van der Waals surface area (Å²) < 4.78 is 0. The van der Waals surface area contributed by atoms with Gasteiger partial charge in [-0.3, -0.25) is 0 Å². The van der Waals surface area contributed by atoms with Crippen molar-refractivity contribution in [3.05, 3.63) is 11.4 Å². The number of nitrogens with one attached hydrogen (secondary N) is 1. The van der Waals surface area contributed by atoms with E-state index in [4.69, 9.17) is 6.42 Å². The third kappa shape index (κ3) is 2.93. The van der Waals surface area contributed by atoms with Crippen LogP contribution in [0.4, 0.5) is 5.95 Å². The molecule has 86 valence electrons. The highest BCUT2D eigenvalue weighted by molar-refractivity contribution is 5.34. The van der Waals surface area contributed by atoms with Crippen LogP contribution >= 0.6 is 0 Å². The Morgan fingerprint density at radius 2 is 1.81 bits per heavy atom. The number of nitrogens with zero attached hydrogens (tertiary/aromatic N) is 3. The van der Waals surface area contributed by atoms with Gasteiger partial charge >= 0.3 is 0 Å². The number of hydrogen-bond donors (Lipinski definition) is 1. The van der Waals surface area contributed by atoms with Crippen LogP contribution in [-0.4, -0.2) is 20.7 Å². The van der Waals surface area contributed by atoms with Crippen molar-refractivity contribution in [3.63, 3.8) is 0 Å². The molecule has 0 aliphatic heterocycles. The van der Waals surface area contributed by atoms with Crippen LogP contribution in [0.5, 0.6) is 0 Å². The summed E-state index contributed by atoms with van der Waals surface area (Å²) in [7, 11) is 0. The van der Waals surface area contributed by atoms with E-state index >= 15 is 0 Å². The van der Waals surface area contributed by atoms with E-state index in [1.807, 2.05) is 20.8 Å². The predicted octanol–water partition coefficient (Wildman–Crippen LogP) is 1.82. The van der Waals surface area contributed by atoms with Gasteiger partial charge < -0.3 is 5.32 Å². The zero-order valence-corrected chi connectivity index (χ0v) is 10.3. The van der Waals surface area contributed by atoms with Crippen LogP contribution < -0.4 is 5.32 Å². The van der Waals surface area contributed by atoms with Gasteiger partial charge in [0.05, 0.1) is 16.9 Å². The molecule has 1 aromatic rings. The molecule has 0 aliphatic rings. The van der Waals surface area contributed by atoms with E-state index in [9.17, 15) is 0 Å². The molecule has 0 bridgehead atoms. The summed E-state index contributed by atoms with van der Waals surface area (Å²) in [6, 6.07) is 0. The van der Waals surface area contributed by atoms with Gasteiger partial charge in [-0.15, -0.1) is 11.5 Å². The number of aryl methyl sites for hydroxylation is 2. The minimum atomic E-state index is -0.458. The lowest BCUT2D eigenvalue weighted by atomic mass is 10.1. The molecule has 16 heavy (non-hydrogen) atoms. The molecule has 0 aromatic carbocycles. The lowest BCUT2D eigenvalue weighted by Crippen LogP contribution is -2.30. The first-order valence-electron chi connectivity index (χ1n) is 5.50. The Hall–Kier alpha value is -1.63. The Kier molecular flexibility index (Phi) is 3.83. The molecule has 0 saturated heterocycles. The topological polar surface area (TPSA) is 50.7 Å². The van der Waals surface area contributed by atoms with Crippen LogP contribution in [0.3, 0.4) is 0 Å². The van der Waals surface area contributed by atoms with E-state index in [0.717, 1.165) is 24.2 Å². The quantitative estimate of drug-likeness (QED) is 0.783. The average molecular weight is 218 g/mol. The van der Waals surface area contributed by atoms with Crippen molar-refractivity contribution in [2.24, 2.45) is 0 Å². The van der Waals surface area contributed by atoms with Gasteiger partial charge in [-0.05, 0) is 26.7 Å². The Balaban J connectivity index is 2.97. The summed E-state index contributed by atoms with van der Waals surface area (Å²) in [4.78, 5) is 4.41. The number of terminal acetylenes is 1. The van der Waals surface area contributed by atoms with Crippen LogP contribution in [0.15, 0.2) is 0 Å². The average Bonchev–Trinajstić information content (AvgIpc) is 2.28. The molecule has 4 heteroatoms. The largest absolute Gasteiger partial charge is 0.337 e. The molecule has 1 heterocycles. The standard InChI is InChI=1S/C12H18N4/c1-6-9-10(7-2)15-16-11(13-9)14-12(4,5)8-3/h3H,6-7H2,1-2,4-5H3,(H,13,14,16). The molecule has 0 atom stereocenters. The number of hydrogen-bond acceptors (Lipinski definition) is 4. The van der Waals surface area contributed by atoms with Gasteiger partial charge in [0, 0.05) is 0 Å². The van der Waals surface area contributed by atoms with Gasteiger partial charge in [0.2, 0.25) is 5.95 Å². The second-order valence-electron chi connectivity index (χ2n) is 4.13. The molecule has 0 amide bonds. The van der Waals surface area contributed by atoms with Gasteiger partial charge in [-0.1, -0.05) is 19.8 Å². The Morgan fingerprint density at radius 3 is 2.31 bits per heavy atom. The number of rotatable bonds is 4. The number of aromatic nitrogens is 3. The monoisotopic (exact) mass is 218 g/mol. The molecule has 1 aromatic heterocycles. The fourth-order valence-electron chi connectivity index (χ4n) is 1.31. The van der Waals surface area contributed by atoms with Crippen molar-refractivity contribution >= 4 is 5.95 Å². The molecule has 0 unspecified atom stereocenters. The molecule has 4 nitrogen and oxygen atoms in total. The van der Waals surface area contributed by atoms with Crippen LogP contribution in [0.25, 0.3) is 0 Å². The summed E-state index contributed by atoms with van der Waals surface area (Å²) in [6.07, 6.45) is 7.09. The van der Waals surface area contributed by atoms with Crippen molar-refractivity contribution < 1.29 is 0 Å². The molecular weight excluding hydrogens is 200 g/mol. The SMILES string of the molecule is C#CC(C)(C)Nc1nnc(CC)c(CC)n1. The van der Waals surface area contributed by atoms with E-state index in [1.54, 1.807) is 0 Å². The first kappa shape index (κ1) is 12.4. The summed E-state index contributed by atoms with van der Waals surface area (Å²) in [5.41, 5.74) is 1.47. The molecule has 0 spiro atoms. The second kappa shape index (κ2) is 4.93. The van der Waals surface area contributed by atoms with Gasteiger partial charge in [-0.25, -0.2) is 4.98 Å². The fourth-order valence-corrected chi connectivity index (χ4v) is 1.31. The maximum Gasteiger partial charge on any atom is 0.244 e. The maximum atomic E-state index is 5.39. The fraction of sp³-hybridized carbons (Fsp3) is 0.583. The van der Waals surface area contributed by atoms with Crippen molar-refractivity contribution in [2.75, 3.05) is 5.32 Å². The molecule has 0 radical (unpaired) electrons. The summed E-state index contributed by atoms with van der Waals surface area (Å²) in [5.74, 6) is 3.13. The number of anilines is 1. The first-order chi connectivity index (χ1) is 7.52. The Morgan fingerprint density at radius 1 is 1.19 bits per heavy atom. The van der Waals surface area contributed by atoms with Gasteiger partial charge in [0.1, 0.15) is 0 Å². The highest BCUT2D eigenvalue weighted by atomic mass is 15.3. The predicted molar refractivity (Wildman–Crippen MR) is 65.1 cm³/mol. The van der Waals surface area contributed by atoms with Gasteiger partial charge in [-0.2, -0.15) is 5.10 Å². The van der Waals surface area contributed by atoms with Crippen molar-refractivity contribution in [1.82, 2.24) is 15.2 Å². The first-order valence-corrected chi connectivity index (χ1v) is 5.50. The lowest BCUT2D eigenvalue weighted by molar-refractivity contribution is 0.711. The third-order valence-electron chi connectivity index (χ3n) is 2.29. The van der Waals surface area contributed by atoms with Crippen molar-refractivity contribution in [1.29, 1.82) is 0 Å². The summed E-state index contributed by atoms with van der Waals surface area (Å²) in [5, 5.41) is 11.2. The molecule has 1 rings (SSSR count). The minimum Gasteiger partial charge on any atom is -0.337 e. The van der Waals surface area contributed by atoms with E-state index in [0.29, 0.717) is 5.95 Å². The van der Waals surface area contributed by atoms with Crippen LogP contribution in [0.1, 0.15) is 39.1 Å². The van der Waals surface area contributed by atoms with Crippen LogP contribution in [-0.2, 0) is 12.8 Å². The normalized spacial score (nSPS) is 10.9. The van der Waals surface area contributed by atoms with Crippen LogP contribution in [0, 0.1) is 12.3 Å². The smallest absolute Gasteiger partial charge is 0.244 e. The van der Waals surface area contributed by atoms with E-state index < -0.39 is 5.54 Å². The van der Waals surface area contributed by atoms with Gasteiger partial charge in [0.15, 0.2) is 0 Å². The minimum absolute atomic E-state index is 0.458. The lowest BCUT2D eigenvalue weighted by Gasteiger charge is -2.19. The molecule has 0 aliphatic carbocycles. The van der Waals surface area contributed by atoms with E-state index in [-0.39, 0.29) is 0 Å². The van der Waals surface area contributed by atoms with Crippen molar-refractivity contribution in [3.8, 4) is 12.3 Å². The Labute approximate surface area is 96.9 Å². The van der Waals surface area contributed by atoms with Crippen molar-refractivity contribution in [2.45, 2.75) is 46.1 Å². The summed E-state index contributed by atoms with van der Waals surface area (Å²) in [6.45, 7) is 7.90. The van der Waals surface area contributed by atoms with E-state index in [1.165, 1.54) is 0 Å². The maximum absolute atomic E-state index is 5.39. The molecule has 0 saturated carbocycles. The zero-order valence-electron chi connectivity index (χ0n) is 10.3. The molecule has 1 N–H and O–H groups in total.